The van der Waals surface area contributed by atoms with Crippen molar-refractivity contribution >= 4 is 12.0 Å². The molecule has 1 aromatic heterocycles. The molecule has 13 heavy (non-hydrogen) atoms. The molecule has 0 amide bonds. The van der Waals surface area contributed by atoms with Crippen LogP contribution in [0.4, 0.5) is 0 Å². The second kappa shape index (κ2) is 3.89. The highest BCUT2D eigenvalue weighted by Crippen LogP contribution is 2.09. The lowest BCUT2D eigenvalue weighted by atomic mass is 10.2. The van der Waals surface area contributed by atoms with Gasteiger partial charge < -0.3 is 5.11 Å². The Morgan fingerprint density at radius 1 is 1.77 bits per heavy atom. The molecule has 4 heteroatoms. The molecule has 0 fully saturated rings. The summed E-state index contributed by atoms with van der Waals surface area (Å²) in [5, 5.41) is 12.5. The predicted molar refractivity (Wildman–Crippen MR) is 49.3 cm³/mol. The smallest absolute Gasteiger partial charge is 0.328 e. The molecular weight excluding hydrogens is 168 g/mol. The summed E-state index contributed by atoms with van der Waals surface area (Å²) in [4.78, 5) is 10.3. The monoisotopic (exact) mass is 180 g/mol. The van der Waals surface area contributed by atoms with Crippen LogP contribution in [0.1, 0.15) is 18.2 Å². The van der Waals surface area contributed by atoms with Gasteiger partial charge in [-0.25, -0.2) is 4.79 Å². The summed E-state index contributed by atoms with van der Waals surface area (Å²) >= 11 is 0. The summed E-state index contributed by atoms with van der Waals surface area (Å²) in [6, 6.07) is 0. The molecule has 1 heterocycles. The number of hydrogen-bond acceptors (Lipinski definition) is 2. The zero-order valence-corrected chi connectivity index (χ0v) is 7.69. The molecular formula is C9H12N2O2. The molecule has 0 aliphatic rings. The van der Waals surface area contributed by atoms with Gasteiger partial charge in [0.2, 0.25) is 0 Å². The van der Waals surface area contributed by atoms with Crippen molar-refractivity contribution < 1.29 is 9.90 Å². The summed E-state index contributed by atoms with van der Waals surface area (Å²) in [5.74, 6) is -0.939. The third-order valence-corrected chi connectivity index (χ3v) is 1.83. The number of nitrogens with zero attached hydrogens (tertiary/aromatic N) is 2. The van der Waals surface area contributed by atoms with Gasteiger partial charge >= 0.3 is 5.97 Å². The Morgan fingerprint density at radius 2 is 2.46 bits per heavy atom. The highest BCUT2D eigenvalue weighted by atomic mass is 16.4. The second-order valence-electron chi connectivity index (χ2n) is 2.70. The minimum absolute atomic E-state index is 0.843. The normalized spacial score (nSPS) is 10.9. The van der Waals surface area contributed by atoms with E-state index in [4.69, 9.17) is 5.11 Å². The van der Waals surface area contributed by atoms with Crippen molar-refractivity contribution in [1.82, 2.24) is 9.78 Å². The molecule has 0 bridgehead atoms. The molecule has 0 aromatic carbocycles. The molecule has 4 nitrogen and oxygen atoms in total. The molecule has 1 N–H and O–H groups in total. The van der Waals surface area contributed by atoms with Crippen LogP contribution in [-0.4, -0.2) is 20.9 Å². The minimum Gasteiger partial charge on any atom is -0.478 e. The van der Waals surface area contributed by atoms with Crippen LogP contribution in [0.3, 0.4) is 0 Å². The van der Waals surface area contributed by atoms with Gasteiger partial charge in [0.1, 0.15) is 0 Å². The first-order valence-electron chi connectivity index (χ1n) is 4.07. The Hall–Kier alpha value is -1.58. The lowest BCUT2D eigenvalue weighted by Crippen LogP contribution is -1.97. The molecule has 0 saturated heterocycles. The maximum Gasteiger partial charge on any atom is 0.328 e. The van der Waals surface area contributed by atoms with Crippen LogP contribution >= 0.6 is 0 Å². The average molecular weight is 180 g/mol. The fourth-order valence-electron chi connectivity index (χ4n) is 1.21. The average Bonchev–Trinajstić information content (AvgIpc) is 2.42. The number of carboxylic acid groups (broad SMARTS) is 1. The Bertz CT molecular complexity index is 339. The van der Waals surface area contributed by atoms with E-state index in [9.17, 15) is 4.79 Å². The third kappa shape index (κ3) is 2.18. The van der Waals surface area contributed by atoms with Gasteiger partial charge in [-0.2, -0.15) is 5.10 Å². The van der Waals surface area contributed by atoms with Crippen LogP contribution in [-0.2, 0) is 18.3 Å². The van der Waals surface area contributed by atoms with E-state index in [0.29, 0.717) is 0 Å². The van der Waals surface area contributed by atoms with Crippen LogP contribution in [0.2, 0.25) is 0 Å². The van der Waals surface area contributed by atoms with Crippen LogP contribution in [0, 0.1) is 0 Å². The summed E-state index contributed by atoms with van der Waals surface area (Å²) < 4.78 is 1.75. The minimum atomic E-state index is -0.939. The Labute approximate surface area is 76.5 Å². The Balaban J connectivity index is 2.94. The lowest BCUT2D eigenvalue weighted by Gasteiger charge is -1.97. The van der Waals surface area contributed by atoms with Crippen LogP contribution < -0.4 is 0 Å². The molecule has 0 atom stereocenters. The molecule has 0 unspecified atom stereocenters. The number of hydrogen-bond donors (Lipinski definition) is 1. The first-order chi connectivity index (χ1) is 6.15. The van der Waals surface area contributed by atoms with Crippen molar-refractivity contribution in [2.75, 3.05) is 0 Å². The van der Waals surface area contributed by atoms with Gasteiger partial charge in [-0.3, -0.25) is 4.68 Å². The SMILES string of the molecule is CCc1c(/C=C/C(=O)O)cnn1C. The standard InChI is InChI=1S/C9H12N2O2/c1-3-8-7(4-5-9(12)13)6-10-11(8)2/h4-6H,3H2,1-2H3,(H,12,13)/b5-4+. The van der Waals surface area contributed by atoms with Gasteiger partial charge in [-0.05, 0) is 12.5 Å². The maximum absolute atomic E-state index is 10.3. The number of aromatic nitrogens is 2. The summed E-state index contributed by atoms with van der Waals surface area (Å²) in [6.45, 7) is 2.01. The summed E-state index contributed by atoms with van der Waals surface area (Å²) in [6.07, 6.45) is 5.19. The fraction of sp³-hybridized carbons (Fsp3) is 0.333. The first kappa shape index (κ1) is 9.51. The van der Waals surface area contributed by atoms with Gasteiger partial charge in [0.15, 0.2) is 0 Å². The zero-order valence-electron chi connectivity index (χ0n) is 7.69. The van der Waals surface area contributed by atoms with Crippen molar-refractivity contribution in [3.8, 4) is 0 Å². The van der Waals surface area contributed by atoms with Gasteiger partial charge in [-0.15, -0.1) is 0 Å². The predicted octanol–water partition coefficient (Wildman–Crippen LogP) is 1.08. The van der Waals surface area contributed by atoms with E-state index in [2.05, 4.69) is 5.10 Å². The Morgan fingerprint density at radius 3 is 3.00 bits per heavy atom. The summed E-state index contributed by atoms with van der Waals surface area (Å²) in [7, 11) is 1.84. The van der Waals surface area contributed by atoms with E-state index in [-0.39, 0.29) is 0 Å². The van der Waals surface area contributed by atoms with E-state index in [0.717, 1.165) is 23.8 Å². The number of carboxylic acids is 1. The molecule has 0 spiro atoms. The quantitative estimate of drug-likeness (QED) is 0.708. The molecule has 0 radical (unpaired) electrons. The van der Waals surface area contributed by atoms with Gasteiger partial charge in [0.25, 0.3) is 0 Å². The number of aliphatic carboxylic acids is 1. The van der Waals surface area contributed by atoms with Crippen molar-refractivity contribution in [1.29, 1.82) is 0 Å². The van der Waals surface area contributed by atoms with Crippen molar-refractivity contribution in [2.24, 2.45) is 7.05 Å². The number of aryl methyl sites for hydroxylation is 1. The maximum atomic E-state index is 10.3. The number of rotatable bonds is 3. The molecule has 1 rings (SSSR count). The molecule has 0 aliphatic carbocycles. The van der Waals surface area contributed by atoms with Crippen LogP contribution in [0.25, 0.3) is 6.08 Å². The van der Waals surface area contributed by atoms with Crippen molar-refractivity contribution in [3.05, 3.63) is 23.5 Å². The fourth-order valence-corrected chi connectivity index (χ4v) is 1.21. The van der Waals surface area contributed by atoms with Gasteiger partial charge in [-0.1, -0.05) is 6.92 Å². The Kier molecular flexibility index (Phi) is 2.84. The van der Waals surface area contributed by atoms with E-state index < -0.39 is 5.97 Å². The van der Waals surface area contributed by atoms with E-state index in [1.165, 1.54) is 0 Å². The van der Waals surface area contributed by atoms with Crippen molar-refractivity contribution in [2.45, 2.75) is 13.3 Å². The second-order valence-corrected chi connectivity index (χ2v) is 2.70. The largest absolute Gasteiger partial charge is 0.478 e. The highest BCUT2D eigenvalue weighted by molar-refractivity contribution is 5.85. The molecule has 0 aliphatic heterocycles. The van der Waals surface area contributed by atoms with Crippen molar-refractivity contribution in [3.63, 3.8) is 0 Å². The lowest BCUT2D eigenvalue weighted by molar-refractivity contribution is -0.131. The van der Waals surface area contributed by atoms with E-state index in [1.54, 1.807) is 17.0 Å². The number of carbonyl (C=O) groups is 1. The van der Waals surface area contributed by atoms with Gasteiger partial charge in [0, 0.05) is 24.4 Å². The highest BCUT2D eigenvalue weighted by Gasteiger charge is 2.02. The zero-order chi connectivity index (χ0) is 9.84. The van der Waals surface area contributed by atoms with E-state index >= 15 is 0 Å². The summed E-state index contributed by atoms with van der Waals surface area (Å²) in [5.41, 5.74) is 1.91. The van der Waals surface area contributed by atoms with E-state index in [1.807, 2.05) is 14.0 Å². The topological polar surface area (TPSA) is 55.1 Å². The molecule has 0 saturated carbocycles. The third-order valence-electron chi connectivity index (χ3n) is 1.83. The van der Waals surface area contributed by atoms with Crippen LogP contribution in [0.15, 0.2) is 12.3 Å². The van der Waals surface area contributed by atoms with Crippen LogP contribution in [0.5, 0.6) is 0 Å². The van der Waals surface area contributed by atoms with Gasteiger partial charge in [0.05, 0.1) is 6.20 Å². The molecule has 1 aromatic rings. The molecule has 70 valence electrons. The first-order valence-corrected chi connectivity index (χ1v) is 4.07.